The number of nitrogens with one attached hydrogen (secondary N) is 1. The minimum Gasteiger partial charge on any atom is -0.307 e. The average Bonchev–Trinajstić information content (AvgIpc) is 2.29. The fourth-order valence-corrected chi connectivity index (χ4v) is 3.02. The first-order chi connectivity index (χ1) is 7.36. The average molecular weight is 223 g/mol. The zero-order chi connectivity index (χ0) is 10.5. The van der Waals surface area contributed by atoms with Crippen molar-refractivity contribution in [1.82, 2.24) is 15.3 Å². The standard InChI is InChI=1S/C11H17N3S/c1-9-11(3-2-6-15-9)13-7-10-4-5-12-8-14-10/h4-5,8-9,11,13H,2-3,6-7H2,1H3. The van der Waals surface area contributed by atoms with Gasteiger partial charge in [0.25, 0.3) is 0 Å². The van der Waals surface area contributed by atoms with Crippen LogP contribution in [0.3, 0.4) is 0 Å². The maximum absolute atomic E-state index is 4.21. The van der Waals surface area contributed by atoms with Crippen LogP contribution in [0.1, 0.15) is 25.5 Å². The second-order valence-electron chi connectivity index (χ2n) is 3.91. The van der Waals surface area contributed by atoms with Crippen LogP contribution in [0.2, 0.25) is 0 Å². The van der Waals surface area contributed by atoms with E-state index in [9.17, 15) is 0 Å². The van der Waals surface area contributed by atoms with Crippen LogP contribution < -0.4 is 5.32 Å². The van der Waals surface area contributed by atoms with Gasteiger partial charge in [-0.3, -0.25) is 0 Å². The molecule has 1 aliphatic rings. The Bertz CT molecular complexity index is 291. The van der Waals surface area contributed by atoms with Crippen molar-refractivity contribution >= 4 is 11.8 Å². The van der Waals surface area contributed by atoms with Crippen molar-refractivity contribution in [1.29, 1.82) is 0 Å². The Morgan fingerprint density at radius 2 is 2.53 bits per heavy atom. The normalized spacial score (nSPS) is 26.5. The molecule has 0 aliphatic carbocycles. The van der Waals surface area contributed by atoms with Gasteiger partial charge < -0.3 is 5.32 Å². The maximum Gasteiger partial charge on any atom is 0.115 e. The fraction of sp³-hybridized carbons (Fsp3) is 0.636. The van der Waals surface area contributed by atoms with Crippen LogP contribution in [-0.4, -0.2) is 27.0 Å². The summed E-state index contributed by atoms with van der Waals surface area (Å²) in [5.41, 5.74) is 1.08. The van der Waals surface area contributed by atoms with E-state index >= 15 is 0 Å². The Hall–Kier alpha value is -0.610. The lowest BCUT2D eigenvalue weighted by Crippen LogP contribution is -2.38. The molecule has 2 unspecified atom stereocenters. The van der Waals surface area contributed by atoms with E-state index in [-0.39, 0.29) is 0 Å². The molecule has 15 heavy (non-hydrogen) atoms. The van der Waals surface area contributed by atoms with E-state index in [4.69, 9.17) is 0 Å². The Morgan fingerprint density at radius 3 is 3.27 bits per heavy atom. The van der Waals surface area contributed by atoms with Gasteiger partial charge in [-0.15, -0.1) is 0 Å². The molecule has 1 N–H and O–H groups in total. The predicted octanol–water partition coefficient (Wildman–Crippen LogP) is 1.85. The first kappa shape index (κ1) is 10.9. The largest absolute Gasteiger partial charge is 0.307 e. The number of rotatable bonds is 3. The smallest absolute Gasteiger partial charge is 0.115 e. The van der Waals surface area contributed by atoms with Crippen LogP contribution in [0.25, 0.3) is 0 Å². The van der Waals surface area contributed by atoms with Gasteiger partial charge in [0.15, 0.2) is 0 Å². The van der Waals surface area contributed by atoms with E-state index in [0.717, 1.165) is 17.5 Å². The van der Waals surface area contributed by atoms with Crippen molar-refractivity contribution in [3.8, 4) is 0 Å². The summed E-state index contributed by atoms with van der Waals surface area (Å²) in [6.07, 6.45) is 6.02. The van der Waals surface area contributed by atoms with Gasteiger partial charge in [-0.05, 0) is 24.7 Å². The Labute approximate surface area is 95.1 Å². The molecule has 2 heterocycles. The van der Waals surface area contributed by atoms with Crippen LogP contribution in [0, 0.1) is 0 Å². The van der Waals surface area contributed by atoms with Crippen molar-refractivity contribution in [3.05, 3.63) is 24.3 Å². The topological polar surface area (TPSA) is 37.8 Å². The first-order valence-electron chi connectivity index (χ1n) is 5.46. The summed E-state index contributed by atoms with van der Waals surface area (Å²) in [5, 5.41) is 4.30. The molecule has 3 nitrogen and oxygen atoms in total. The van der Waals surface area contributed by atoms with Crippen LogP contribution in [0.5, 0.6) is 0 Å². The lowest BCUT2D eigenvalue weighted by Gasteiger charge is -2.29. The minimum atomic E-state index is 0.638. The molecular weight excluding hydrogens is 206 g/mol. The summed E-state index contributed by atoms with van der Waals surface area (Å²) in [6.45, 7) is 3.17. The van der Waals surface area contributed by atoms with Crippen molar-refractivity contribution < 1.29 is 0 Å². The van der Waals surface area contributed by atoms with Crippen LogP contribution in [-0.2, 0) is 6.54 Å². The van der Waals surface area contributed by atoms with Gasteiger partial charge in [-0.25, -0.2) is 9.97 Å². The molecule has 0 bridgehead atoms. The van der Waals surface area contributed by atoms with E-state index in [1.54, 1.807) is 12.5 Å². The first-order valence-corrected chi connectivity index (χ1v) is 6.51. The number of hydrogen-bond donors (Lipinski definition) is 1. The number of hydrogen-bond acceptors (Lipinski definition) is 4. The molecule has 1 aliphatic heterocycles. The molecule has 2 atom stereocenters. The highest BCUT2D eigenvalue weighted by Gasteiger charge is 2.20. The van der Waals surface area contributed by atoms with Crippen molar-refractivity contribution in [3.63, 3.8) is 0 Å². The number of nitrogens with zero attached hydrogens (tertiary/aromatic N) is 2. The summed E-state index contributed by atoms with van der Waals surface area (Å²) in [5.74, 6) is 1.31. The molecule has 0 saturated carbocycles. The highest BCUT2D eigenvalue weighted by Crippen LogP contribution is 2.25. The Balaban J connectivity index is 1.82. The zero-order valence-corrected chi connectivity index (χ0v) is 9.83. The third-order valence-electron chi connectivity index (χ3n) is 2.80. The molecule has 82 valence electrons. The van der Waals surface area contributed by atoms with Gasteiger partial charge >= 0.3 is 0 Å². The molecule has 0 aromatic carbocycles. The number of thioether (sulfide) groups is 1. The third-order valence-corrected chi connectivity index (χ3v) is 4.17. The van der Waals surface area contributed by atoms with Gasteiger partial charge in [0.1, 0.15) is 6.33 Å². The summed E-state index contributed by atoms with van der Waals surface area (Å²) in [7, 11) is 0. The minimum absolute atomic E-state index is 0.638. The third kappa shape index (κ3) is 3.18. The van der Waals surface area contributed by atoms with Crippen LogP contribution in [0.4, 0.5) is 0 Å². The quantitative estimate of drug-likeness (QED) is 0.848. The molecule has 4 heteroatoms. The van der Waals surface area contributed by atoms with Crippen LogP contribution >= 0.6 is 11.8 Å². The molecular formula is C11H17N3S. The lowest BCUT2D eigenvalue weighted by molar-refractivity contribution is 0.459. The van der Waals surface area contributed by atoms with E-state index in [1.165, 1.54) is 18.6 Å². The second-order valence-corrected chi connectivity index (χ2v) is 5.39. The molecule has 1 aromatic rings. The van der Waals surface area contributed by atoms with Crippen molar-refractivity contribution in [2.45, 2.75) is 37.6 Å². The summed E-state index contributed by atoms with van der Waals surface area (Å²) >= 11 is 2.07. The molecule has 2 rings (SSSR count). The van der Waals surface area contributed by atoms with E-state index in [2.05, 4.69) is 34.0 Å². The maximum atomic E-state index is 4.21. The van der Waals surface area contributed by atoms with E-state index in [0.29, 0.717) is 6.04 Å². The summed E-state index contributed by atoms with van der Waals surface area (Å²) in [4.78, 5) is 8.12. The van der Waals surface area contributed by atoms with Crippen molar-refractivity contribution in [2.75, 3.05) is 5.75 Å². The van der Waals surface area contributed by atoms with Crippen molar-refractivity contribution in [2.24, 2.45) is 0 Å². The van der Waals surface area contributed by atoms with Gasteiger partial charge in [0, 0.05) is 24.0 Å². The second kappa shape index (κ2) is 5.47. The SMILES string of the molecule is CC1SCCCC1NCc1ccncn1. The Kier molecular flexibility index (Phi) is 3.97. The monoisotopic (exact) mass is 223 g/mol. The van der Waals surface area contributed by atoms with Gasteiger partial charge in [0.2, 0.25) is 0 Å². The zero-order valence-electron chi connectivity index (χ0n) is 9.02. The van der Waals surface area contributed by atoms with Gasteiger partial charge in [-0.2, -0.15) is 11.8 Å². The highest BCUT2D eigenvalue weighted by molar-refractivity contribution is 7.99. The highest BCUT2D eigenvalue weighted by atomic mass is 32.2. The predicted molar refractivity (Wildman–Crippen MR) is 63.8 cm³/mol. The summed E-state index contributed by atoms with van der Waals surface area (Å²) < 4.78 is 0. The van der Waals surface area contributed by atoms with Gasteiger partial charge in [0.05, 0.1) is 5.69 Å². The molecule has 0 radical (unpaired) electrons. The van der Waals surface area contributed by atoms with E-state index < -0.39 is 0 Å². The van der Waals surface area contributed by atoms with E-state index in [1.807, 2.05) is 6.07 Å². The van der Waals surface area contributed by atoms with Gasteiger partial charge in [-0.1, -0.05) is 6.92 Å². The molecule has 1 fully saturated rings. The molecule has 0 amide bonds. The van der Waals surface area contributed by atoms with Crippen LogP contribution in [0.15, 0.2) is 18.6 Å². The Morgan fingerprint density at radius 1 is 1.60 bits per heavy atom. The summed E-state index contributed by atoms with van der Waals surface area (Å²) in [6, 6.07) is 2.60. The molecule has 1 saturated heterocycles. The fourth-order valence-electron chi connectivity index (χ4n) is 1.85. The molecule has 0 spiro atoms. The molecule has 1 aromatic heterocycles. The lowest BCUT2D eigenvalue weighted by atomic mass is 10.1. The number of aromatic nitrogens is 2.